The zero-order valence-corrected chi connectivity index (χ0v) is 14.3. The van der Waals surface area contributed by atoms with Crippen LogP contribution >= 0.6 is 0 Å². The molecule has 1 rings (SSSR count). The van der Waals surface area contributed by atoms with E-state index in [0.29, 0.717) is 6.54 Å². The molecule has 2 N–H and O–H groups in total. The molecule has 0 aromatic carbocycles. The van der Waals surface area contributed by atoms with Gasteiger partial charge in [-0.15, -0.1) is 0 Å². The molecule has 0 spiro atoms. The number of nitrogens with zero attached hydrogens (tertiary/aromatic N) is 4. The van der Waals surface area contributed by atoms with Crippen LogP contribution in [0.3, 0.4) is 0 Å². The highest BCUT2D eigenvalue weighted by molar-refractivity contribution is 5.79. The van der Waals surface area contributed by atoms with E-state index >= 15 is 0 Å². The Morgan fingerprint density at radius 2 is 2.10 bits per heavy atom. The van der Waals surface area contributed by atoms with Gasteiger partial charge >= 0.3 is 0 Å². The molecule has 0 aliphatic heterocycles. The van der Waals surface area contributed by atoms with Crippen molar-refractivity contribution in [3.63, 3.8) is 0 Å². The number of nitrogens with one attached hydrogen (secondary N) is 2. The number of aryl methyl sites for hydroxylation is 1. The maximum atomic E-state index is 4.62. The van der Waals surface area contributed by atoms with Crippen LogP contribution in [-0.2, 0) is 13.6 Å². The molecule has 0 atom stereocenters. The number of guanidine groups is 1. The molecule has 1 aromatic rings. The lowest BCUT2D eigenvalue weighted by atomic mass is 9.93. The van der Waals surface area contributed by atoms with Gasteiger partial charge in [0.15, 0.2) is 5.96 Å². The summed E-state index contributed by atoms with van der Waals surface area (Å²) in [7, 11) is 6.14. The van der Waals surface area contributed by atoms with E-state index in [1.807, 2.05) is 17.8 Å². The fourth-order valence-corrected chi connectivity index (χ4v) is 2.29. The van der Waals surface area contributed by atoms with Crippen LogP contribution in [0.2, 0.25) is 0 Å². The molecule has 6 nitrogen and oxygen atoms in total. The summed E-state index contributed by atoms with van der Waals surface area (Å²) >= 11 is 0. The summed E-state index contributed by atoms with van der Waals surface area (Å²) in [5, 5.41) is 10.9. The van der Waals surface area contributed by atoms with Gasteiger partial charge in [0.05, 0.1) is 12.2 Å². The normalized spacial score (nSPS) is 12.8. The largest absolute Gasteiger partial charge is 0.357 e. The fraction of sp³-hybridized carbons (Fsp3) is 0.733. The van der Waals surface area contributed by atoms with Crippen LogP contribution in [0, 0.1) is 5.41 Å². The van der Waals surface area contributed by atoms with E-state index in [1.165, 1.54) is 0 Å². The first-order valence-corrected chi connectivity index (χ1v) is 7.48. The van der Waals surface area contributed by atoms with Crippen molar-refractivity contribution in [2.24, 2.45) is 17.5 Å². The summed E-state index contributed by atoms with van der Waals surface area (Å²) in [5.74, 6) is 0.852. The number of aromatic nitrogens is 2. The van der Waals surface area contributed by atoms with E-state index in [-0.39, 0.29) is 5.41 Å². The molecule has 1 aromatic heterocycles. The van der Waals surface area contributed by atoms with E-state index in [0.717, 1.165) is 31.3 Å². The number of hydrogen-bond acceptors (Lipinski definition) is 3. The maximum Gasteiger partial charge on any atom is 0.191 e. The third-order valence-corrected chi connectivity index (χ3v) is 3.14. The highest BCUT2D eigenvalue weighted by Crippen LogP contribution is 2.13. The third kappa shape index (κ3) is 6.62. The minimum atomic E-state index is 0.187. The van der Waals surface area contributed by atoms with Gasteiger partial charge in [-0.25, -0.2) is 4.99 Å². The smallest absolute Gasteiger partial charge is 0.191 e. The summed E-state index contributed by atoms with van der Waals surface area (Å²) < 4.78 is 1.85. The van der Waals surface area contributed by atoms with E-state index in [1.54, 1.807) is 6.20 Å². The molecular weight excluding hydrogens is 264 g/mol. The van der Waals surface area contributed by atoms with Gasteiger partial charge in [-0.3, -0.25) is 4.68 Å². The topological polar surface area (TPSA) is 57.5 Å². The van der Waals surface area contributed by atoms with Gasteiger partial charge in [-0.1, -0.05) is 13.8 Å². The quantitative estimate of drug-likeness (QED) is 0.583. The highest BCUT2D eigenvalue weighted by atomic mass is 15.3. The second-order valence-electron chi connectivity index (χ2n) is 6.40. The molecule has 0 unspecified atom stereocenters. The van der Waals surface area contributed by atoms with Crippen molar-refractivity contribution in [3.05, 3.63) is 18.0 Å². The molecule has 0 aliphatic rings. The van der Waals surface area contributed by atoms with Gasteiger partial charge in [0.2, 0.25) is 0 Å². The number of rotatable bonds is 7. The number of aliphatic imine (C=N–C) groups is 1. The Hall–Kier alpha value is -1.56. The summed E-state index contributed by atoms with van der Waals surface area (Å²) in [6, 6.07) is 1.99. The fourth-order valence-electron chi connectivity index (χ4n) is 2.29. The molecular formula is C15H30N6. The van der Waals surface area contributed by atoms with E-state index in [9.17, 15) is 0 Å². The monoisotopic (exact) mass is 294 g/mol. The molecule has 0 aliphatic carbocycles. The molecule has 0 saturated carbocycles. The van der Waals surface area contributed by atoms with Crippen molar-refractivity contribution >= 4 is 5.96 Å². The molecule has 6 heteroatoms. The van der Waals surface area contributed by atoms with Crippen molar-refractivity contribution in [2.75, 3.05) is 33.7 Å². The van der Waals surface area contributed by atoms with Gasteiger partial charge in [0, 0.05) is 32.9 Å². The van der Waals surface area contributed by atoms with Gasteiger partial charge < -0.3 is 15.5 Å². The van der Waals surface area contributed by atoms with Crippen LogP contribution in [0.5, 0.6) is 0 Å². The molecule has 21 heavy (non-hydrogen) atoms. The lowest BCUT2D eigenvalue weighted by Gasteiger charge is -2.29. The standard InChI is InChI=1S/C15H30N6/c1-7-16-14(17-10-13-8-9-19-21(13)6)18-11-15(2,3)12-20(4)5/h8-9H,7,10-12H2,1-6H3,(H2,16,17,18). The second-order valence-corrected chi connectivity index (χ2v) is 6.40. The van der Waals surface area contributed by atoms with Gasteiger partial charge in [-0.2, -0.15) is 5.10 Å². The maximum absolute atomic E-state index is 4.62. The average molecular weight is 294 g/mol. The van der Waals surface area contributed by atoms with E-state index in [2.05, 4.69) is 60.5 Å². The predicted molar refractivity (Wildman–Crippen MR) is 88.4 cm³/mol. The predicted octanol–water partition coefficient (Wildman–Crippen LogP) is 1.06. The summed E-state index contributed by atoms with van der Waals surface area (Å²) in [6.07, 6.45) is 1.80. The lowest BCUT2D eigenvalue weighted by Crippen LogP contribution is -2.44. The Kier molecular flexibility index (Phi) is 6.68. The molecule has 0 amide bonds. The van der Waals surface area contributed by atoms with Crippen LogP contribution < -0.4 is 10.6 Å². The van der Waals surface area contributed by atoms with Crippen molar-refractivity contribution in [1.82, 2.24) is 25.3 Å². The Bertz CT molecular complexity index is 447. The zero-order chi connectivity index (χ0) is 15.9. The molecule has 0 saturated heterocycles. The first-order valence-electron chi connectivity index (χ1n) is 7.48. The minimum Gasteiger partial charge on any atom is -0.357 e. The average Bonchev–Trinajstić information content (AvgIpc) is 2.77. The van der Waals surface area contributed by atoms with Crippen molar-refractivity contribution in [2.45, 2.75) is 27.3 Å². The molecule has 0 radical (unpaired) electrons. The molecule has 120 valence electrons. The Morgan fingerprint density at radius 1 is 1.38 bits per heavy atom. The van der Waals surface area contributed by atoms with Crippen molar-refractivity contribution in [3.8, 4) is 0 Å². The third-order valence-electron chi connectivity index (χ3n) is 3.14. The first kappa shape index (κ1) is 17.5. The van der Waals surface area contributed by atoms with Crippen LogP contribution in [0.15, 0.2) is 17.3 Å². The van der Waals surface area contributed by atoms with Gasteiger partial charge in [0.1, 0.15) is 0 Å². The summed E-state index contributed by atoms with van der Waals surface area (Å²) in [6.45, 7) is 9.97. The van der Waals surface area contributed by atoms with Crippen LogP contribution in [-0.4, -0.2) is 54.4 Å². The van der Waals surface area contributed by atoms with Crippen LogP contribution in [0.1, 0.15) is 26.5 Å². The highest BCUT2D eigenvalue weighted by Gasteiger charge is 2.19. The Morgan fingerprint density at radius 3 is 2.62 bits per heavy atom. The van der Waals surface area contributed by atoms with Gasteiger partial charge in [-0.05, 0) is 32.5 Å². The molecule has 0 fully saturated rings. The van der Waals surface area contributed by atoms with E-state index < -0.39 is 0 Å². The summed E-state index contributed by atoms with van der Waals surface area (Å²) in [5.41, 5.74) is 1.28. The SMILES string of the molecule is CCNC(=NCc1ccnn1C)NCC(C)(C)CN(C)C. The lowest BCUT2D eigenvalue weighted by molar-refractivity contribution is 0.241. The minimum absolute atomic E-state index is 0.187. The van der Waals surface area contributed by atoms with Crippen molar-refractivity contribution in [1.29, 1.82) is 0 Å². The molecule has 0 bridgehead atoms. The van der Waals surface area contributed by atoms with Gasteiger partial charge in [0.25, 0.3) is 0 Å². The van der Waals surface area contributed by atoms with Crippen LogP contribution in [0.25, 0.3) is 0 Å². The summed E-state index contributed by atoms with van der Waals surface area (Å²) in [4.78, 5) is 6.83. The van der Waals surface area contributed by atoms with Crippen molar-refractivity contribution < 1.29 is 0 Å². The van der Waals surface area contributed by atoms with E-state index in [4.69, 9.17) is 0 Å². The number of hydrogen-bond donors (Lipinski definition) is 2. The Labute approximate surface area is 128 Å². The zero-order valence-electron chi connectivity index (χ0n) is 14.3. The molecule has 1 heterocycles. The Balaban J connectivity index is 2.59. The second kappa shape index (κ2) is 8.02. The first-order chi connectivity index (χ1) is 9.84. The van der Waals surface area contributed by atoms with Crippen LogP contribution in [0.4, 0.5) is 0 Å².